The third-order valence-corrected chi connectivity index (χ3v) is 4.15. The van der Waals surface area contributed by atoms with Crippen molar-refractivity contribution in [2.45, 2.75) is 25.9 Å². The van der Waals surface area contributed by atoms with Crippen molar-refractivity contribution in [3.63, 3.8) is 0 Å². The zero-order chi connectivity index (χ0) is 14.4. The fraction of sp³-hybridized carbons (Fsp3) is 0.400. The number of benzene rings is 1. The minimum Gasteiger partial charge on any atom is -0.376 e. The highest BCUT2D eigenvalue weighted by Crippen LogP contribution is 2.25. The van der Waals surface area contributed by atoms with E-state index in [0.717, 1.165) is 0 Å². The van der Waals surface area contributed by atoms with Crippen LogP contribution in [-0.4, -0.2) is 23.4 Å². The van der Waals surface area contributed by atoms with Crippen molar-refractivity contribution in [2.24, 2.45) is 0 Å². The zero-order valence-electron chi connectivity index (χ0n) is 10.3. The van der Waals surface area contributed by atoms with E-state index in [4.69, 9.17) is 0 Å². The van der Waals surface area contributed by atoms with Gasteiger partial charge in [-0.3, -0.25) is 0 Å². The molecule has 0 spiro atoms. The van der Waals surface area contributed by atoms with Crippen LogP contribution in [-0.2, 0) is 10.1 Å². The Morgan fingerprint density at radius 3 is 2.11 bits per heavy atom. The van der Waals surface area contributed by atoms with Gasteiger partial charge < -0.3 is 4.18 Å². The van der Waals surface area contributed by atoms with E-state index < -0.39 is 25.1 Å². The maximum Gasteiger partial charge on any atom is 0.534 e. The molecule has 0 saturated heterocycles. The van der Waals surface area contributed by atoms with Crippen molar-refractivity contribution in [2.75, 3.05) is 0 Å². The van der Waals surface area contributed by atoms with Crippen LogP contribution in [0.25, 0.3) is 0 Å². The first-order valence-electron chi connectivity index (χ1n) is 5.36. The molecule has 0 amide bonds. The summed E-state index contributed by atoms with van der Waals surface area (Å²) in [7, 11) is -6.37. The number of hydrogen-bond donors (Lipinski definition) is 0. The van der Waals surface area contributed by atoms with Crippen molar-refractivity contribution in [3.05, 3.63) is 24.3 Å². The minimum absolute atomic E-state index is 0.228. The normalized spacial score (nSPS) is 12.1. The summed E-state index contributed by atoms with van der Waals surface area (Å²) in [6.07, 6.45) is 0. The van der Waals surface area contributed by atoms with Gasteiger partial charge >= 0.3 is 15.6 Å². The molecule has 0 aromatic heterocycles. The van der Waals surface area contributed by atoms with E-state index in [1.807, 2.05) is 20.4 Å². The van der Waals surface area contributed by atoms with E-state index in [0.29, 0.717) is 5.19 Å². The lowest BCUT2D eigenvalue weighted by Crippen LogP contribution is -2.30. The second-order valence-corrected chi connectivity index (χ2v) is 5.95. The summed E-state index contributed by atoms with van der Waals surface area (Å²) in [6, 6.07) is 5.83. The Balaban J connectivity index is 0.00000137. The van der Waals surface area contributed by atoms with E-state index in [9.17, 15) is 21.6 Å². The third-order valence-electron chi connectivity index (χ3n) is 1.84. The molecular formula is C10H15F3O3SSi. The lowest BCUT2D eigenvalue weighted by molar-refractivity contribution is -0.0499. The number of rotatable bonds is 3. The Morgan fingerprint density at radius 2 is 1.67 bits per heavy atom. The van der Waals surface area contributed by atoms with E-state index in [-0.39, 0.29) is 5.75 Å². The number of alkyl halides is 3. The predicted molar refractivity (Wildman–Crippen MR) is 67.4 cm³/mol. The van der Waals surface area contributed by atoms with Gasteiger partial charge in [0, 0.05) is 0 Å². The molecule has 1 aromatic rings. The summed E-state index contributed by atoms with van der Waals surface area (Å²) in [5.74, 6) is -0.228. The van der Waals surface area contributed by atoms with Crippen LogP contribution in [0, 0.1) is 0 Å². The Labute approximate surface area is 107 Å². The highest BCUT2D eigenvalue weighted by atomic mass is 32.2. The molecule has 8 heteroatoms. The molecule has 0 aliphatic carbocycles. The molecule has 0 bridgehead atoms. The number of hydrogen-bond acceptors (Lipinski definition) is 3. The van der Waals surface area contributed by atoms with Gasteiger partial charge in [-0.2, -0.15) is 21.6 Å². The van der Waals surface area contributed by atoms with Crippen molar-refractivity contribution >= 4 is 24.8 Å². The zero-order valence-corrected chi connectivity index (χ0v) is 12.5. The topological polar surface area (TPSA) is 43.4 Å². The fourth-order valence-corrected chi connectivity index (χ4v) is 2.55. The molecule has 0 heterocycles. The van der Waals surface area contributed by atoms with Gasteiger partial charge in [0.25, 0.3) is 0 Å². The number of halogens is 3. The van der Waals surface area contributed by atoms with Gasteiger partial charge in [-0.05, 0) is 11.3 Å². The van der Waals surface area contributed by atoms with Gasteiger partial charge in [0.15, 0.2) is 0 Å². The monoisotopic (exact) mass is 300 g/mol. The smallest absolute Gasteiger partial charge is 0.376 e. The highest BCUT2D eigenvalue weighted by molar-refractivity contribution is 7.88. The second kappa shape index (κ2) is 6.79. The van der Waals surface area contributed by atoms with Crippen molar-refractivity contribution in [1.29, 1.82) is 0 Å². The van der Waals surface area contributed by atoms with Crippen molar-refractivity contribution in [1.82, 2.24) is 0 Å². The summed E-state index contributed by atoms with van der Waals surface area (Å²) < 4.78 is 61.7. The standard InChI is InChI=1S/C8H9F3O3SSi.C2H6/c1-16-7-5-3-2-4-6(7)14-15(12,13)8(9,10)11;1-2/h2-5H,16H2,1H3;1-2H3. The molecule has 18 heavy (non-hydrogen) atoms. The largest absolute Gasteiger partial charge is 0.534 e. The maximum atomic E-state index is 12.1. The average molecular weight is 300 g/mol. The Kier molecular flexibility index (Phi) is 6.40. The summed E-state index contributed by atoms with van der Waals surface area (Å²) in [5.41, 5.74) is -5.39. The molecule has 0 aliphatic heterocycles. The quantitative estimate of drug-likeness (QED) is 0.485. The van der Waals surface area contributed by atoms with Crippen LogP contribution in [0.2, 0.25) is 6.55 Å². The third kappa shape index (κ3) is 4.34. The maximum absolute atomic E-state index is 12.1. The van der Waals surface area contributed by atoms with Crippen LogP contribution < -0.4 is 9.37 Å². The summed E-state index contributed by atoms with van der Waals surface area (Å²) in [6.45, 7) is 5.82. The lowest BCUT2D eigenvalue weighted by Gasteiger charge is -2.11. The van der Waals surface area contributed by atoms with Crippen molar-refractivity contribution < 1.29 is 25.8 Å². The summed E-state index contributed by atoms with van der Waals surface area (Å²) >= 11 is 0. The molecule has 1 rings (SSSR count). The van der Waals surface area contributed by atoms with E-state index >= 15 is 0 Å². The molecule has 0 unspecified atom stereocenters. The molecule has 0 atom stereocenters. The first-order chi connectivity index (χ1) is 8.28. The minimum atomic E-state index is -5.56. The predicted octanol–water partition coefficient (Wildman–Crippen LogP) is 1.78. The highest BCUT2D eigenvalue weighted by Gasteiger charge is 2.48. The van der Waals surface area contributed by atoms with Crippen LogP contribution in [0.5, 0.6) is 5.75 Å². The van der Waals surface area contributed by atoms with Gasteiger partial charge in [0.05, 0.1) is 9.52 Å². The lowest BCUT2D eigenvalue weighted by atomic mass is 10.3. The molecule has 104 valence electrons. The van der Waals surface area contributed by atoms with E-state index in [1.54, 1.807) is 12.1 Å². The Bertz CT molecular complexity index is 472. The first-order valence-corrected chi connectivity index (χ1v) is 8.89. The van der Waals surface area contributed by atoms with Gasteiger partial charge in [-0.1, -0.05) is 38.6 Å². The average Bonchev–Trinajstić information content (AvgIpc) is 2.30. The van der Waals surface area contributed by atoms with Crippen LogP contribution >= 0.6 is 0 Å². The SMILES string of the molecule is CC.C[SiH2]c1ccccc1OS(=O)(=O)C(F)(F)F. The second-order valence-electron chi connectivity index (χ2n) is 2.94. The van der Waals surface area contributed by atoms with E-state index in [2.05, 4.69) is 4.18 Å². The van der Waals surface area contributed by atoms with Crippen molar-refractivity contribution in [3.8, 4) is 5.75 Å². The van der Waals surface area contributed by atoms with Gasteiger partial charge in [0.2, 0.25) is 0 Å². The van der Waals surface area contributed by atoms with Crippen LogP contribution in [0.4, 0.5) is 13.2 Å². The summed E-state index contributed by atoms with van der Waals surface area (Å²) in [5, 5.41) is 0.537. The molecule has 1 aromatic carbocycles. The summed E-state index contributed by atoms with van der Waals surface area (Å²) in [4.78, 5) is 0. The Hall–Kier alpha value is -1.02. The number of para-hydroxylation sites is 1. The molecule has 0 saturated carbocycles. The van der Waals surface area contributed by atoms with Crippen LogP contribution in [0.15, 0.2) is 24.3 Å². The Morgan fingerprint density at radius 1 is 1.17 bits per heavy atom. The fourth-order valence-electron chi connectivity index (χ4n) is 1.04. The van der Waals surface area contributed by atoms with Gasteiger partial charge in [-0.15, -0.1) is 0 Å². The van der Waals surface area contributed by atoms with Crippen LogP contribution in [0.1, 0.15) is 13.8 Å². The molecule has 0 N–H and O–H groups in total. The molecule has 0 aliphatic rings. The van der Waals surface area contributed by atoms with E-state index in [1.165, 1.54) is 12.1 Å². The molecule has 0 radical (unpaired) electrons. The first kappa shape index (κ1) is 17.0. The van der Waals surface area contributed by atoms with Gasteiger partial charge in [-0.25, -0.2) is 0 Å². The molecular weight excluding hydrogens is 285 g/mol. The molecule has 3 nitrogen and oxygen atoms in total. The van der Waals surface area contributed by atoms with Crippen LogP contribution in [0.3, 0.4) is 0 Å². The van der Waals surface area contributed by atoms with Gasteiger partial charge in [0.1, 0.15) is 5.75 Å². The molecule has 0 fully saturated rings.